The van der Waals surface area contributed by atoms with Gasteiger partial charge in [-0.2, -0.15) is 0 Å². The van der Waals surface area contributed by atoms with Crippen LogP contribution in [0.15, 0.2) is 109 Å². The second-order valence-corrected chi connectivity index (χ2v) is 8.44. The van der Waals surface area contributed by atoms with Crippen molar-refractivity contribution < 1.29 is 5.11 Å². The number of benzene rings is 5. The first-order valence-electron chi connectivity index (χ1n) is 11.1. The summed E-state index contributed by atoms with van der Waals surface area (Å²) in [6, 6.07) is 37.7. The smallest absolute Gasteiger partial charge is 0.121 e. The summed E-state index contributed by atoms with van der Waals surface area (Å²) in [6.45, 7) is 2.23. The number of aromatic hydroxyl groups is 1. The molecule has 2 atom stereocenters. The maximum Gasteiger partial charge on any atom is 0.121 e. The summed E-state index contributed by atoms with van der Waals surface area (Å²) in [6.07, 6.45) is 0. The number of rotatable bonds is 5. The third kappa shape index (κ3) is 3.53. The minimum Gasteiger partial charge on any atom is -0.508 e. The summed E-state index contributed by atoms with van der Waals surface area (Å²) < 4.78 is 0. The molecule has 0 unspecified atom stereocenters. The molecule has 0 aliphatic rings. The average molecular weight is 418 g/mol. The van der Waals surface area contributed by atoms with E-state index in [9.17, 15) is 5.11 Å². The first-order valence-corrected chi connectivity index (χ1v) is 11.1. The van der Waals surface area contributed by atoms with Gasteiger partial charge in [0.1, 0.15) is 5.75 Å². The zero-order chi connectivity index (χ0) is 22.1. The van der Waals surface area contributed by atoms with Crippen LogP contribution in [0.4, 0.5) is 0 Å². The molecule has 5 aromatic carbocycles. The van der Waals surface area contributed by atoms with E-state index < -0.39 is 0 Å². The van der Waals surface area contributed by atoms with E-state index in [2.05, 4.69) is 104 Å². The summed E-state index contributed by atoms with van der Waals surface area (Å²) >= 11 is 0. The zero-order valence-corrected chi connectivity index (χ0v) is 18.4. The molecule has 0 amide bonds. The molecule has 0 aliphatic heterocycles. The summed E-state index contributed by atoms with van der Waals surface area (Å²) in [7, 11) is 2.16. The fourth-order valence-electron chi connectivity index (χ4n) is 4.83. The zero-order valence-electron chi connectivity index (χ0n) is 18.4. The molecule has 0 saturated carbocycles. The van der Waals surface area contributed by atoms with Crippen molar-refractivity contribution in [3.8, 4) is 5.75 Å². The highest BCUT2D eigenvalue weighted by Gasteiger charge is 2.29. The Balaban J connectivity index is 1.78. The van der Waals surface area contributed by atoms with Crippen LogP contribution in [-0.4, -0.2) is 17.1 Å². The van der Waals surface area contributed by atoms with Gasteiger partial charge < -0.3 is 5.11 Å². The molecular weight excluding hydrogens is 390 g/mol. The standard InChI is InChI=1S/C30H27NO/c1-21(22-11-4-3-5-12-22)31(2)30(27-18-10-15-23-13-6-8-16-25(23)27)29-26-17-9-7-14-24(26)19-20-28(29)32/h3-21,30,32H,1-2H3/t21-,30+/m1/s1. The Kier molecular flexibility index (Phi) is 5.38. The number of fused-ring (bicyclic) bond motifs is 2. The molecule has 1 N–H and O–H groups in total. The Morgan fingerprint density at radius 2 is 1.22 bits per heavy atom. The largest absolute Gasteiger partial charge is 0.508 e. The van der Waals surface area contributed by atoms with E-state index in [1.165, 1.54) is 21.9 Å². The minimum absolute atomic E-state index is 0.123. The highest BCUT2D eigenvalue weighted by molar-refractivity contribution is 5.91. The Bertz CT molecular complexity index is 1370. The van der Waals surface area contributed by atoms with Crippen LogP contribution in [0.25, 0.3) is 21.5 Å². The van der Waals surface area contributed by atoms with Crippen LogP contribution in [-0.2, 0) is 0 Å². The van der Waals surface area contributed by atoms with E-state index in [1.54, 1.807) is 0 Å². The Labute approximate surface area is 189 Å². The van der Waals surface area contributed by atoms with Crippen molar-refractivity contribution in [2.75, 3.05) is 7.05 Å². The quantitative estimate of drug-likeness (QED) is 0.320. The number of hydrogen-bond acceptors (Lipinski definition) is 2. The van der Waals surface area contributed by atoms with Gasteiger partial charge in [-0.05, 0) is 52.7 Å². The average Bonchev–Trinajstić information content (AvgIpc) is 2.85. The van der Waals surface area contributed by atoms with Crippen molar-refractivity contribution in [3.05, 3.63) is 126 Å². The van der Waals surface area contributed by atoms with Crippen LogP contribution < -0.4 is 0 Å². The second kappa shape index (κ2) is 8.49. The van der Waals surface area contributed by atoms with Crippen LogP contribution in [0.5, 0.6) is 5.75 Å². The van der Waals surface area contributed by atoms with E-state index in [-0.39, 0.29) is 12.1 Å². The normalized spacial score (nSPS) is 13.5. The maximum atomic E-state index is 11.2. The predicted octanol–water partition coefficient (Wildman–Crippen LogP) is 7.48. The van der Waals surface area contributed by atoms with Gasteiger partial charge in [0.15, 0.2) is 0 Å². The predicted molar refractivity (Wildman–Crippen MR) is 134 cm³/mol. The van der Waals surface area contributed by atoms with E-state index in [1.807, 2.05) is 24.3 Å². The number of phenols is 1. The van der Waals surface area contributed by atoms with E-state index in [4.69, 9.17) is 0 Å². The van der Waals surface area contributed by atoms with Crippen molar-refractivity contribution >= 4 is 21.5 Å². The van der Waals surface area contributed by atoms with Gasteiger partial charge in [-0.25, -0.2) is 0 Å². The van der Waals surface area contributed by atoms with Gasteiger partial charge in [-0.3, -0.25) is 4.90 Å². The van der Waals surface area contributed by atoms with Gasteiger partial charge in [0.2, 0.25) is 0 Å². The highest BCUT2D eigenvalue weighted by atomic mass is 16.3. The second-order valence-electron chi connectivity index (χ2n) is 8.44. The van der Waals surface area contributed by atoms with Crippen LogP contribution in [0.2, 0.25) is 0 Å². The monoisotopic (exact) mass is 417 g/mol. The molecule has 5 rings (SSSR count). The van der Waals surface area contributed by atoms with Crippen molar-refractivity contribution in [1.29, 1.82) is 0 Å². The van der Waals surface area contributed by atoms with Crippen LogP contribution in [0, 0.1) is 0 Å². The lowest BCUT2D eigenvalue weighted by molar-refractivity contribution is 0.212. The van der Waals surface area contributed by atoms with Crippen molar-refractivity contribution in [2.45, 2.75) is 19.0 Å². The van der Waals surface area contributed by atoms with Crippen molar-refractivity contribution in [1.82, 2.24) is 4.90 Å². The molecule has 5 aromatic rings. The van der Waals surface area contributed by atoms with Crippen LogP contribution >= 0.6 is 0 Å². The lowest BCUT2D eigenvalue weighted by Gasteiger charge is -2.36. The molecule has 0 heterocycles. The fourth-order valence-corrected chi connectivity index (χ4v) is 4.83. The Morgan fingerprint density at radius 1 is 0.625 bits per heavy atom. The molecular formula is C30H27NO. The first kappa shape index (κ1) is 20.3. The first-order chi connectivity index (χ1) is 15.6. The van der Waals surface area contributed by atoms with E-state index in [0.717, 1.165) is 16.3 Å². The summed E-state index contributed by atoms with van der Waals surface area (Å²) in [5, 5.41) is 15.8. The number of phenolic OH excluding ortho intramolecular Hbond substituents is 1. The van der Waals surface area contributed by atoms with Gasteiger partial charge in [-0.15, -0.1) is 0 Å². The molecule has 0 radical (unpaired) electrons. The SMILES string of the molecule is C[C@H](c1ccccc1)N(C)[C@@H](c1cccc2ccccc12)c1c(O)ccc2ccccc12. The minimum atomic E-state index is -0.123. The van der Waals surface area contributed by atoms with Gasteiger partial charge in [0, 0.05) is 11.6 Å². The van der Waals surface area contributed by atoms with Gasteiger partial charge >= 0.3 is 0 Å². The maximum absolute atomic E-state index is 11.2. The van der Waals surface area contributed by atoms with Gasteiger partial charge in [0.05, 0.1) is 6.04 Å². The molecule has 32 heavy (non-hydrogen) atoms. The third-order valence-corrected chi connectivity index (χ3v) is 6.64. The molecule has 2 nitrogen and oxygen atoms in total. The number of hydrogen-bond donors (Lipinski definition) is 1. The molecule has 0 fully saturated rings. The van der Waals surface area contributed by atoms with E-state index in [0.29, 0.717) is 5.75 Å². The molecule has 0 bridgehead atoms. The molecule has 0 spiro atoms. The van der Waals surface area contributed by atoms with Crippen LogP contribution in [0.3, 0.4) is 0 Å². The third-order valence-electron chi connectivity index (χ3n) is 6.64. The topological polar surface area (TPSA) is 23.5 Å². The Hall–Kier alpha value is -3.62. The van der Waals surface area contributed by atoms with Crippen LogP contribution in [0.1, 0.15) is 35.7 Å². The van der Waals surface area contributed by atoms with E-state index >= 15 is 0 Å². The summed E-state index contributed by atoms with van der Waals surface area (Å²) in [5.74, 6) is 0.328. The molecule has 0 aliphatic carbocycles. The van der Waals surface area contributed by atoms with Gasteiger partial charge in [-0.1, -0.05) is 103 Å². The highest BCUT2D eigenvalue weighted by Crippen LogP contribution is 2.43. The van der Waals surface area contributed by atoms with Crippen molar-refractivity contribution in [2.24, 2.45) is 0 Å². The Morgan fingerprint density at radius 3 is 1.97 bits per heavy atom. The molecule has 2 heteroatoms. The van der Waals surface area contributed by atoms with Gasteiger partial charge in [0.25, 0.3) is 0 Å². The molecule has 0 saturated heterocycles. The lowest BCUT2D eigenvalue weighted by atomic mass is 9.88. The lowest BCUT2D eigenvalue weighted by Crippen LogP contribution is -2.29. The molecule has 0 aromatic heterocycles. The van der Waals surface area contributed by atoms with Crippen molar-refractivity contribution in [3.63, 3.8) is 0 Å². The summed E-state index contributed by atoms with van der Waals surface area (Å²) in [4.78, 5) is 2.37. The number of nitrogens with zero attached hydrogens (tertiary/aromatic N) is 1. The fraction of sp³-hybridized carbons (Fsp3) is 0.133. The summed E-state index contributed by atoms with van der Waals surface area (Å²) in [5.41, 5.74) is 3.39. The molecule has 158 valence electrons.